The fourth-order valence-electron chi connectivity index (χ4n) is 2.15. The van der Waals surface area contributed by atoms with Crippen LogP contribution >= 0.6 is 0 Å². The monoisotopic (exact) mass is 254 g/mol. The van der Waals surface area contributed by atoms with Gasteiger partial charge in [0.15, 0.2) is 0 Å². The minimum atomic E-state index is -0.287. The van der Waals surface area contributed by atoms with Crippen LogP contribution in [0.2, 0.25) is 0 Å². The molecule has 18 heavy (non-hydrogen) atoms. The number of ether oxygens (including phenoxy) is 1. The van der Waals surface area contributed by atoms with E-state index in [-0.39, 0.29) is 18.6 Å². The maximum absolute atomic E-state index is 12.5. The number of nitrogens with zero attached hydrogens (tertiary/aromatic N) is 2. The smallest absolute Gasteiger partial charge is 0.259 e. The third-order valence-electron chi connectivity index (χ3n) is 3.18. The number of rotatable bonds is 3. The summed E-state index contributed by atoms with van der Waals surface area (Å²) in [5, 5.41) is 13.2. The normalized spacial score (nSPS) is 20.2. The van der Waals surface area contributed by atoms with Gasteiger partial charge in [0.2, 0.25) is 0 Å². The summed E-state index contributed by atoms with van der Waals surface area (Å²) in [4.78, 5) is 14.1. The van der Waals surface area contributed by atoms with Gasteiger partial charge in [-0.2, -0.15) is 0 Å². The molecule has 1 unspecified atom stereocenters. The quantitative estimate of drug-likeness (QED) is 0.844. The molecule has 1 aromatic rings. The Bertz CT molecular complexity index is 430. The van der Waals surface area contributed by atoms with Crippen LogP contribution in [0.5, 0.6) is 0 Å². The van der Waals surface area contributed by atoms with E-state index in [1.807, 2.05) is 6.92 Å². The molecule has 1 aromatic heterocycles. The van der Waals surface area contributed by atoms with E-state index in [0.29, 0.717) is 43.2 Å². The zero-order valence-electron chi connectivity index (χ0n) is 10.7. The number of morpholine rings is 1. The molecule has 2 rings (SSSR count). The first-order valence-corrected chi connectivity index (χ1v) is 6.13. The Morgan fingerprint density at radius 1 is 1.61 bits per heavy atom. The van der Waals surface area contributed by atoms with Crippen molar-refractivity contribution < 1.29 is 19.2 Å². The summed E-state index contributed by atoms with van der Waals surface area (Å²) in [6.07, 6.45) is 0.645. The summed E-state index contributed by atoms with van der Waals surface area (Å²) >= 11 is 0. The van der Waals surface area contributed by atoms with Gasteiger partial charge in [0.1, 0.15) is 11.3 Å². The minimum absolute atomic E-state index is 0.0997. The molecule has 1 N–H and O–H groups in total. The summed E-state index contributed by atoms with van der Waals surface area (Å²) < 4.78 is 10.3. The van der Waals surface area contributed by atoms with Crippen molar-refractivity contribution >= 4 is 5.91 Å². The van der Waals surface area contributed by atoms with Crippen LogP contribution in [0.4, 0.5) is 0 Å². The van der Waals surface area contributed by atoms with Crippen molar-refractivity contribution in [3.63, 3.8) is 0 Å². The average molecular weight is 254 g/mol. The highest BCUT2D eigenvalue weighted by Gasteiger charge is 2.31. The van der Waals surface area contributed by atoms with Crippen LogP contribution in [0, 0.1) is 6.92 Å². The maximum atomic E-state index is 12.5. The highest BCUT2D eigenvalue weighted by molar-refractivity contribution is 5.96. The molecular formula is C12H18N2O4. The lowest BCUT2D eigenvalue weighted by atomic mass is 10.1. The summed E-state index contributed by atoms with van der Waals surface area (Å²) in [5.74, 6) is 0.396. The van der Waals surface area contributed by atoms with Crippen molar-refractivity contribution in [1.82, 2.24) is 10.1 Å². The van der Waals surface area contributed by atoms with Crippen molar-refractivity contribution in [1.29, 1.82) is 0 Å². The molecule has 1 aliphatic rings. The highest BCUT2D eigenvalue weighted by Crippen LogP contribution is 2.19. The second-order valence-electron chi connectivity index (χ2n) is 4.32. The number of amides is 1. The predicted molar refractivity (Wildman–Crippen MR) is 63.3 cm³/mol. The Hall–Kier alpha value is -1.40. The van der Waals surface area contributed by atoms with E-state index in [2.05, 4.69) is 5.16 Å². The summed E-state index contributed by atoms with van der Waals surface area (Å²) in [5.41, 5.74) is 1.19. The molecule has 0 aromatic carbocycles. The zero-order valence-corrected chi connectivity index (χ0v) is 10.7. The first kappa shape index (κ1) is 13.0. The molecule has 0 bridgehead atoms. The summed E-state index contributed by atoms with van der Waals surface area (Å²) in [6.45, 7) is 4.90. The molecular weight excluding hydrogens is 236 g/mol. The average Bonchev–Trinajstić information content (AvgIpc) is 2.79. The molecule has 1 fully saturated rings. The van der Waals surface area contributed by atoms with E-state index < -0.39 is 0 Å². The third kappa shape index (κ3) is 2.26. The molecule has 1 atom stereocenters. The first-order valence-electron chi connectivity index (χ1n) is 6.13. The number of aromatic nitrogens is 1. The van der Waals surface area contributed by atoms with Gasteiger partial charge in [-0.05, 0) is 13.3 Å². The van der Waals surface area contributed by atoms with E-state index in [9.17, 15) is 9.90 Å². The second-order valence-corrected chi connectivity index (χ2v) is 4.32. The lowest BCUT2D eigenvalue weighted by Gasteiger charge is -2.34. The van der Waals surface area contributed by atoms with Crippen molar-refractivity contribution in [2.75, 3.05) is 26.4 Å². The van der Waals surface area contributed by atoms with Crippen LogP contribution in [0.15, 0.2) is 4.52 Å². The Kier molecular flexibility index (Phi) is 3.98. The number of aryl methyl sites for hydroxylation is 2. The van der Waals surface area contributed by atoms with Crippen molar-refractivity contribution in [2.45, 2.75) is 26.3 Å². The van der Waals surface area contributed by atoms with Gasteiger partial charge in [-0.25, -0.2) is 0 Å². The number of carbonyl (C=O) groups is 1. The van der Waals surface area contributed by atoms with Crippen LogP contribution in [0.1, 0.15) is 28.7 Å². The van der Waals surface area contributed by atoms with Gasteiger partial charge >= 0.3 is 0 Å². The molecule has 100 valence electrons. The van der Waals surface area contributed by atoms with Gasteiger partial charge in [-0.15, -0.1) is 0 Å². The van der Waals surface area contributed by atoms with Crippen molar-refractivity contribution in [2.24, 2.45) is 0 Å². The van der Waals surface area contributed by atoms with Crippen molar-refractivity contribution in [3.05, 3.63) is 17.0 Å². The van der Waals surface area contributed by atoms with Gasteiger partial charge in [0.25, 0.3) is 5.91 Å². The van der Waals surface area contributed by atoms with E-state index in [0.717, 1.165) is 0 Å². The van der Waals surface area contributed by atoms with Gasteiger partial charge in [0, 0.05) is 6.54 Å². The molecule has 0 spiro atoms. The molecule has 1 aliphatic heterocycles. The second kappa shape index (κ2) is 5.49. The fraction of sp³-hybridized carbons (Fsp3) is 0.667. The highest BCUT2D eigenvalue weighted by atomic mass is 16.5. The van der Waals surface area contributed by atoms with Gasteiger partial charge in [0.05, 0.1) is 31.6 Å². The largest absolute Gasteiger partial charge is 0.394 e. The number of hydrogen-bond acceptors (Lipinski definition) is 5. The lowest BCUT2D eigenvalue weighted by Crippen LogP contribution is -2.50. The Morgan fingerprint density at radius 2 is 2.39 bits per heavy atom. The molecule has 6 nitrogen and oxygen atoms in total. The molecule has 0 saturated carbocycles. The topological polar surface area (TPSA) is 75.8 Å². The van der Waals surface area contributed by atoms with Crippen LogP contribution in [0.3, 0.4) is 0 Å². The SMILES string of the molecule is CCc1noc(C)c1C(=O)N1CCOCC1CO. The van der Waals surface area contributed by atoms with E-state index in [1.165, 1.54) is 0 Å². The summed E-state index contributed by atoms with van der Waals surface area (Å²) in [7, 11) is 0. The Morgan fingerprint density at radius 3 is 3.06 bits per heavy atom. The van der Waals surface area contributed by atoms with Crippen LogP contribution in [-0.2, 0) is 11.2 Å². The van der Waals surface area contributed by atoms with E-state index >= 15 is 0 Å². The molecule has 0 aliphatic carbocycles. The van der Waals surface area contributed by atoms with Crippen LogP contribution in [0.25, 0.3) is 0 Å². The Balaban J connectivity index is 2.26. The summed E-state index contributed by atoms with van der Waals surface area (Å²) in [6, 6.07) is -0.287. The molecule has 1 amide bonds. The Labute approximate surface area is 106 Å². The zero-order chi connectivity index (χ0) is 13.1. The molecule has 6 heteroatoms. The van der Waals surface area contributed by atoms with Crippen LogP contribution in [-0.4, -0.2) is 53.5 Å². The standard InChI is InChI=1S/C12H18N2O4/c1-3-10-11(8(2)18-13-10)12(16)14-4-5-17-7-9(14)6-15/h9,15H,3-7H2,1-2H3. The van der Waals surface area contributed by atoms with Crippen LogP contribution < -0.4 is 0 Å². The van der Waals surface area contributed by atoms with Gasteiger partial charge in [-0.1, -0.05) is 12.1 Å². The molecule has 2 heterocycles. The fourth-order valence-corrected chi connectivity index (χ4v) is 2.15. The van der Waals surface area contributed by atoms with Crippen molar-refractivity contribution in [3.8, 4) is 0 Å². The predicted octanol–water partition coefficient (Wildman–Crippen LogP) is 0.379. The van der Waals surface area contributed by atoms with E-state index in [1.54, 1.807) is 11.8 Å². The molecule has 1 saturated heterocycles. The third-order valence-corrected chi connectivity index (χ3v) is 3.18. The van der Waals surface area contributed by atoms with Gasteiger partial charge in [-0.3, -0.25) is 4.79 Å². The first-order chi connectivity index (χ1) is 8.69. The van der Waals surface area contributed by atoms with Gasteiger partial charge < -0.3 is 19.3 Å². The number of hydrogen-bond donors (Lipinski definition) is 1. The van der Waals surface area contributed by atoms with E-state index in [4.69, 9.17) is 9.26 Å². The number of aliphatic hydroxyl groups excluding tert-OH is 1. The number of carbonyl (C=O) groups excluding carboxylic acids is 1. The molecule has 0 radical (unpaired) electrons. The minimum Gasteiger partial charge on any atom is -0.394 e. The maximum Gasteiger partial charge on any atom is 0.259 e. The number of aliphatic hydroxyl groups is 1. The lowest BCUT2D eigenvalue weighted by molar-refractivity contribution is -0.0185.